The second-order valence-electron chi connectivity index (χ2n) is 5.04. The van der Waals surface area contributed by atoms with Crippen LogP contribution in [0, 0.1) is 13.8 Å². The van der Waals surface area contributed by atoms with Crippen molar-refractivity contribution in [1.29, 1.82) is 0 Å². The zero-order valence-electron chi connectivity index (χ0n) is 12.4. The Bertz CT molecular complexity index is 624. The molecule has 112 valence electrons. The van der Waals surface area contributed by atoms with Gasteiger partial charge in [-0.2, -0.15) is 0 Å². The zero-order chi connectivity index (χ0) is 15.7. The van der Waals surface area contributed by atoms with Crippen LogP contribution in [-0.2, 0) is 9.05 Å². The van der Waals surface area contributed by atoms with Crippen molar-refractivity contribution in [1.82, 2.24) is 4.90 Å². The van der Waals surface area contributed by atoms with Crippen LogP contribution in [0.15, 0.2) is 17.0 Å². The summed E-state index contributed by atoms with van der Waals surface area (Å²) >= 11 is 0. The van der Waals surface area contributed by atoms with E-state index in [1.165, 1.54) is 6.07 Å². The number of halogens is 1. The summed E-state index contributed by atoms with van der Waals surface area (Å²) in [5, 5.41) is 0. The lowest BCUT2D eigenvalue weighted by Gasteiger charge is -2.25. The molecule has 0 atom stereocenters. The minimum absolute atomic E-state index is 0.00215. The summed E-state index contributed by atoms with van der Waals surface area (Å²) < 4.78 is 23.2. The van der Waals surface area contributed by atoms with E-state index >= 15 is 0 Å². The first-order valence-electron chi connectivity index (χ1n) is 6.46. The monoisotopic (exact) mass is 317 g/mol. The molecular weight excluding hydrogens is 298 g/mol. The molecular formula is C14H20ClNO3S. The second kappa shape index (κ2) is 6.14. The van der Waals surface area contributed by atoms with Crippen LogP contribution in [0.5, 0.6) is 0 Å². The third-order valence-electron chi connectivity index (χ3n) is 3.35. The fourth-order valence-electron chi connectivity index (χ4n) is 2.11. The van der Waals surface area contributed by atoms with Crippen LogP contribution in [0.25, 0.3) is 0 Å². The van der Waals surface area contributed by atoms with Gasteiger partial charge in [-0.1, -0.05) is 0 Å². The highest BCUT2D eigenvalue weighted by Gasteiger charge is 2.22. The molecule has 4 nitrogen and oxygen atoms in total. The molecule has 0 fully saturated rings. The van der Waals surface area contributed by atoms with Gasteiger partial charge >= 0.3 is 0 Å². The van der Waals surface area contributed by atoms with Crippen LogP contribution in [0.4, 0.5) is 0 Å². The number of hydrogen-bond donors (Lipinski definition) is 0. The molecule has 1 aromatic rings. The van der Waals surface area contributed by atoms with E-state index in [0.717, 1.165) is 5.56 Å². The number of rotatable bonds is 4. The molecule has 0 heterocycles. The zero-order valence-corrected chi connectivity index (χ0v) is 14.0. The first-order chi connectivity index (χ1) is 9.09. The Morgan fingerprint density at radius 1 is 1.30 bits per heavy atom. The lowest BCUT2D eigenvalue weighted by Crippen LogP contribution is -2.36. The SMILES string of the molecule is CCN(C(=O)c1cc(C)c(C)c(S(=O)(=O)Cl)c1)C(C)C. The highest BCUT2D eigenvalue weighted by Crippen LogP contribution is 2.25. The van der Waals surface area contributed by atoms with E-state index in [0.29, 0.717) is 17.7 Å². The van der Waals surface area contributed by atoms with Crippen molar-refractivity contribution in [3.05, 3.63) is 28.8 Å². The molecule has 1 amide bonds. The number of carbonyl (C=O) groups is 1. The Balaban J connectivity index is 3.42. The summed E-state index contributed by atoms with van der Waals surface area (Å²) in [6.07, 6.45) is 0. The fourth-order valence-corrected chi connectivity index (χ4v) is 3.39. The van der Waals surface area contributed by atoms with E-state index in [-0.39, 0.29) is 16.8 Å². The molecule has 0 unspecified atom stereocenters. The number of benzene rings is 1. The fraction of sp³-hybridized carbons (Fsp3) is 0.500. The molecule has 0 N–H and O–H groups in total. The predicted octanol–water partition coefficient (Wildman–Crippen LogP) is 3.10. The molecule has 0 spiro atoms. The van der Waals surface area contributed by atoms with Gasteiger partial charge in [0.1, 0.15) is 0 Å². The largest absolute Gasteiger partial charge is 0.337 e. The highest BCUT2D eigenvalue weighted by atomic mass is 35.7. The van der Waals surface area contributed by atoms with Crippen LogP contribution < -0.4 is 0 Å². The summed E-state index contributed by atoms with van der Waals surface area (Å²) in [4.78, 5) is 14.1. The van der Waals surface area contributed by atoms with Crippen molar-refractivity contribution < 1.29 is 13.2 Å². The van der Waals surface area contributed by atoms with Gasteiger partial charge in [-0.15, -0.1) is 0 Å². The van der Waals surface area contributed by atoms with Crippen molar-refractivity contribution in [3.8, 4) is 0 Å². The van der Waals surface area contributed by atoms with Gasteiger partial charge in [0.05, 0.1) is 4.90 Å². The standard InChI is InChI=1S/C14H20ClNO3S/c1-6-16(9(2)3)14(17)12-7-10(4)11(5)13(8-12)20(15,18)19/h7-9H,6H2,1-5H3. The Labute approximate surface area is 125 Å². The van der Waals surface area contributed by atoms with Gasteiger partial charge in [-0.05, 0) is 57.9 Å². The molecule has 0 aliphatic heterocycles. The van der Waals surface area contributed by atoms with Crippen molar-refractivity contribution in [2.45, 2.75) is 45.6 Å². The van der Waals surface area contributed by atoms with Crippen LogP contribution >= 0.6 is 10.7 Å². The number of hydrogen-bond acceptors (Lipinski definition) is 3. The van der Waals surface area contributed by atoms with Gasteiger partial charge in [0.25, 0.3) is 15.0 Å². The summed E-state index contributed by atoms with van der Waals surface area (Å²) in [6, 6.07) is 3.11. The van der Waals surface area contributed by atoms with Gasteiger partial charge in [0.2, 0.25) is 0 Å². The van der Waals surface area contributed by atoms with Gasteiger partial charge in [0, 0.05) is 28.8 Å². The van der Waals surface area contributed by atoms with E-state index < -0.39 is 9.05 Å². The van der Waals surface area contributed by atoms with Crippen molar-refractivity contribution in [2.24, 2.45) is 0 Å². The molecule has 6 heteroatoms. The summed E-state index contributed by atoms with van der Waals surface area (Å²) in [7, 11) is 1.57. The molecule has 1 rings (SSSR count). The van der Waals surface area contributed by atoms with Crippen LogP contribution in [-0.4, -0.2) is 31.8 Å². The maximum Gasteiger partial charge on any atom is 0.261 e. The Kier molecular flexibility index (Phi) is 5.21. The van der Waals surface area contributed by atoms with Gasteiger partial charge < -0.3 is 4.90 Å². The van der Waals surface area contributed by atoms with Gasteiger partial charge in [0.15, 0.2) is 0 Å². The van der Waals surface area contributed by atoms with Crippen LogP contribution in [0.1, 0.15) is 42.3 Å². The van der Waals surface area contributed by atoms with Crippen LogP contribution in [0.2, 0.25) is 0 Å². The molecule has 0 aromatic heterocycles. The maximum absolute atomic E-state index is 12.4. The predicted molar refractivity (Wildman–Crippen MR) is 80.8 cm³/mol. The van der Waals surface area contributed by atoms with Crippen molar-refractivity contribution in [2.75, 3.05) is 6.54 Å². The molecule has 0 saturated heterocycles. The molecule has 0 radical (unpaired) electrons. The number of aryl methyl sites for hydroxylation is 1. The molecule has 20 heavy (non-hydrogen) atoms. The maximum atomic E-state index is 12.4. The summed E-state index contributed by atoms with van der Waals surface area (Å²) in [5.74, 6) is -0.188. The van der Waals surface area contributed by atoms with Gasteiger partial charge in [-0.3, -0.25) is 4.79 Å². The lowest BCUT2D eigenvalue weighted by molar-refractivity contribution is 0.0716. The number of nitrogens with zero attached hydrogens (tertiary/aromatic N) is 1. The van der Waals surface area contributed by atoms with E-state index in [1.54, 1.807) is 24.8 Å². The summed E-state index contributed by atoms with van der Waals surface area (Å²) in [5.41, 5.74) is 1.65. The molecule has 0 aliphatic rings. The first kappa shape index (κ1) is 17.0. The second-order valence-corrected chi connectivity index (χ2v) is 7.57. The smallest absolute Gasteiger partial charge is 0.261 e. The minimum atomic E-state index is -3.86. The lowest BCUT2D eigenvalue weighted by atomic mass is 10.0. The Hall–Kier alpha value is -1.07. The molecule has 0 aliphatic carbocycles. The normalized spacial score (nSPS) is 11.8. The van der Waals surface area contributed by atoms with E-state index in [1.807, 2.05) is 20.8 Å². The molecule has 1 aromatic carbocycles. The molecule has 0 saturated carbocycles. The first-order valence-corrected chi connectivity index (χ1v) is 8.77. The Morgan fingerprint density at radius 3 is 2.25 bits per heavy atom. The van der Waals surface area contributed by atoms with E-state index in [4.69, 9.17) is 10.7 Å². The summed E-state index contributed by atoms with van der Waals surface area (Å²) in [6.45, 7) is 9.73. The average molecular weight is 318 g/mol. The minimum Gasteiger partial charge on any atom is -0.337 e. The number of amides is 1. The van der Waals surface area contributed by atoms with Crippen molar-refractivity contribution >= 4 is 25.6 Å². The van der Waals surface area contributed by atoms with Gasteiger partial charge in [-0.25, -0.2) is 8.42 Å². The third-order valence-corrected chi connectivity index (χ3v) is 4.80. The quantitative estimate of drug-likeness (QED) is 0.802. The third kappa shape index (κ3) is 3.52. The Morgan fingerprint density at radius 2 is 1.85 bits per heavy atom. The van der Waals surface area contributed by atoms with Crippen molar-refractivity contribution in [3.63, 3.8) is 0 Å². The average Bonchev–Trinajstić information content (AvgIpc) is 2.31. The molecule has 0 bridgehead atoms. The van der Waals surface area contributed by atoms with E-state index in [2.05, 4.69) is 0 Å². The topological polar surface area (TPSA) is 54.5 Å². The number of carbonyl (C=O) groups excluding carboxylic acids is 1. The highest BCUT2D eigenvalue weighted by molar-refractivity contribution is 8.13. The van der Waals surface area contributed by atoms with Crippen LogP contribution in [0.3, 0.4) is 0 Å². The van der Waals surface area contributed by atoms with E-state index in [9.17, 15) is 13.2 Å².